The number of halogens is 3. The van der Waals surface area contributed by atoms with Gasteiger partial charge in [0.1, 0.15) is 18.1 Å². The van der Waals surface area contributed by atoms with Crippen molar-refractivity contribution in [2.24, 2.45) is 0 Å². The minimum absolute atomic E-state index is 0.00914. The zero-order valence-electron chi connectivity index (χ0n) is 17.0. The summed E-state index contributed by atoms with van der Waals surface area (Å²) in [5, 5.41) is 15.6. The zero-order chi connectivity index (χ0) is 23.6. The topological polar surface area (TPSA) is 109 Å². The molecule has 4 aromatic rings. The molecule has 0 aliphatic carbocycles. The SMILES string of the molecule is Cc1nc2cc(Nc3cc(-c4cccc(OC(F)(F)F)c4)nc(NCC(=O)O)n3)ccc2s1. The standard InChI is InChI=1S/C21H16F3N5O3S/c1-11-26-16-8-13(5-6-17(16)33-11)27-18-9-15(28-20(29-18)25-10-19(30)31)12-3-2-4-14(7-12)32-21(22,23)24/h2-9H,10H2,1H3,(H,30,31)(H2,25,27,28,29). The fourth-order valence-corrected chi connectivity index (χ4v) is 3.82. The average Bonchev–Trinajstić information content (AvgIpc) is 3.10. The van der Waals surface area contributed by atoms with Gasteiger partial charge in [-0.25, -0.2) is 9.97 Å². The van der Waals surface area contributed by atoms with Crippen LogP contribution in [0.2, 0.25) is 0 Å². The molecule has 33 heavy (non-hydrogen) atoms. The number of anilines is 3. The second kappa shape index (κ2) is 8.90. The minimum Gasteiger partial charge on any atom is -0.480 e. The van der Waals surface area contributed by atoms with Gasteiger partial charge >= 0.3 is 12.3 Å². The number of carboxylic acids is 1. The number of thiazole rings is 1. The lowest BCUT2D eigenvalue weighted by molar-refractivity contribution is -0.274. The van der Waals surface area contributed by atoms with Crippen LogP contribution in [0.25, 0.3) is 21.5 Å². The van der Waals surface area contributed by atoms with Crippen molar-refractivity contribution in [2.45, 2.75) is 13.3 Å². The van der Waals surface area contributed by atoms with Gasteiger partial charge in [-0.05, 0) is 37.3 Å². The molecule has 4 rings (SSSR count). The molecule has 0 saturated heterocycles. The third-order valence-corrected chi connectivity index (χ3v) is 5.21. The van der Waals surface area contributed by atoms with Crippen LogP contribution in [0, 0.1) is 6.92 Å². The predicted molar refractivity (Wildman–Crippen MR) is 118 cm³/mol. The second-order valence-corrected chi connectivity index (χ2v) is 8.06. The summed E-state index contributed by atoms with van der Waals surface area (Å²) >= 11 is 1.56. The number of ether oxygens (including phenoxy) is 1. The Bertz CT molecular complexity index is 1330. The van der Waals surface area contributed by atoms with Crippen molar-refractivity contribution in [2.75, 3.05) is 17.2 Å². The van der Waals surface area contributed by atoms with Crippen molar-refractivity contribution in [1.82, 2.24) is 15.0 Å². The van der Waals surface area contributed by atoms with Gasteiger partial charge < -0.3 is 20.5 Å². The molecule has 0 aliphatic rings. The first-order valence-corrected chi connectivity index (χ1v) is 10.3. The highest BCUT2D eigenvalue weighted by atomic mass is 32.1. The first-order chi connectivity index (χ1) is 15.6. The van der Waals surface area contributed by atoms with E-state index >= 15 is 0 Å². The Hall–Kier alpha value is -3.93. The maximum absolute atomic E-state index is 12.6. The number of fused-ring (bicyclic) bond motifs is 1. The van der Waals surface area contributed by atoms with Crippen LogP contribution in [0.1, 0.15) is 5.01 Å². The Morgan fingerprint density at radius 3 is 2.70 bits per heavy atom. The van der Waals surface area contributed by atoms with Gasteiger partial charge in [0.15, 0.2) is 0 Å². The molecule has 0 spiro atoms. The third-order valence-electron chi connectivity index (χ3n) is 4.25. The van der Waals surface area contributed by atoms with E-state index in [0.717, 1.165) is 15.2 Å². The fourth-order valence-electron chi connectivity index (χ4n) is 3.01. The van der Waals surface area contributed by atoms with E-state index in [1.54, 1.807) is 17.4 Å². The summed E-state index contributed by atoms with van der Waals surface area (Å²) in [6, 6.07) is 12.4. The highest BCUT2D eigenvalue weighted by Crippen LogP contribution is 2.30. The van der Waals surface area contributed by atoms with Crippen LogP contribution in [0.5, 0.6) is 5.75 Å². The molecule has 0 aliphatic heterocycles. The number of aromatic nitrogens is 3. The van der Waals surface area contributed by atoms with Crippen LogP contribution in [0.4, 0.5) is 30.6 Å². The fraction of sp³-hybridized carbons (Fsp3) is 0.143. The number of carbonyl (C=O) groups is 1. The summed E-state index contributed by atoms with van der Waals surface area (Å²) in [5.41, 5.74) is 2.07. The van der Waals surface area contributed by atoms with Crippen LogP contribution in [0.15, 0.2) is 48.5 Å². The maximum Gasteiger partial charge on any atom is 0.573 e. The van der Waals surface area contributed by atoms with Crippen molar-refractivity contribution < 1.29 is 27.8 Å². The lowest BCUT2D eigenvalue weighted by atomic mass is 10.1. The predicted octanol–water partition coefficient (Wildman–Crippen LogP) is 5.20. The van der Waals surface area contributed by atoms with Crippen LogP contribution in [-0.2, 0) is 4.79 Å². The molecule has 8 nitrogen and oxygen atoms in total. The zero-order valence-corrected chi connectivity index (χ0v) is 17.8. The van der Waals surface area contributed by atoms with Gasteiger partial charge in [-0.1, -0.05) is 12.1 Å². The van der Waals surface area contributed by atoms with Gasteiger partial charge in [0.05, 0.1) is 20.9 Å². The molecule has 0 fully saturated rings. The quantitative estimate of drug-likeness (QED) is 0.335. The molecule has 3 N–H and O–H groups in total. The first-order valence-electron chi connectivity index (χ1n) is 9.50. The summed E-state index contributed by atoms with van der Waals surface area (Å²) in [6.07, 6.45) is -4.84. The number of alkyl halides is 3. The van der Waals surface area contributed by atoms with Gasteiger partial charge in [0.25, 0.3) is 0 Å². The highest BCUT2D eigenvalue weighted by molar-refractivity contribution is 7.18. The molecular weight excluding hydrogens is 459 g/mol. The molecule has 2 heterocycles. The van der Waals surface area contributed by atoms with Gasteiger partial charge in [0.2, 0.25) is 5.95 Å². The average molecular weight is 475 g/mol. The van der Waals surface area contributed by atoms with E-state index in [9.17, 15) is 18.0 Å². The lowest BCUT2D eigenvalue weighted by Crippen LogP contribution is -2.17. The van der Waals surface area contributed by atoms with E-state index in [-0.39, 0.29) is 11.6 Å². The Morgan fingerprint density at radius 1 is 1.12 bits per heavy atom. The molecule has 0 radical (unpaired) electrons. The third kappa shape index (κ3) is 5.86. The van der Waals surface area contributed by atoms with E-state index in [1.165, 1.54) is 24.3 Å². The molecule has 2 aromatic heterocycles. The van der Waals surface area contributed by atoms with E-state index in [0.29, 0.717) is 17.1 Å². The Balaban J connectivity index is 1.69. The Morgan fingerprint density at radius 2 is 1.94 bits per heavy atom. The number of nitrogens with one attached hydrogen (secondary N) is 2. The number of carboxylic acid groups (broad SMARTS) is 1. The van der Waals surface area contributed by atoms with Crippen LogP contribution in [-0.4, -0.2) is 38.9 Å². The molecule has 2 aromatic carbocycles. The summed E-state index contributed by atoms with van der Waals surface area (Å²) in [7, 11) is 0. The van der Waals surface area contributed by atoms with Crippen LogP contribution in [0.3, 0.4) is 0 Å². The monoisotopic (exact) mass is 475 g/mol. The Kier molecular flexibility index (Phi) is 6.01. The molecule has 170 valence electrons. The van der Waals surface area contributed by atoms with Crippen LogP contribution >= 0.6 is 11.3 Å². The second-order valence-electron chi connectivity index (χ2n) is 6.83. The summed E-state index contributed by atoms with van der Waals surface area (Å²) in [6.45, 7) is 1.47. The van der Waals surface area contributed by atoms with E-state index in [4.69, 9.17) is 5.11 Å². The smallest absolute Gasteiger partial charge is 0.480 e. The highest BCUT2D eigenvalue weighted by Gasteiger charge is 2.31. The molecular formula is C21H16F3N5O3S. The first kappa shape index (κ1) is 22.3. The van der Waals surface area contributed by atoms with Crippen molar-refractivity contribution in [1.29, 1.82) is 0 Å². The van der Waals surface area contributed by atoms with Gasteiger partial charge in [-0.2, -0.15) is 4.98 Å². The van der Waals surface area contributed by atoms with E-state index < -0.39 is 24.6 Å². The number of aryl methyl sites for hydroxylation is 1. The Labute approximate surface area is 189 Å². The maximum atomic E-state index is 12.6. The normalized spacial score (nSPS) is 11.4. The van der Waals surface area contributed by atoms with E-state index in [2.05, 4.69) is 30.3 Å². The number of hydrogen-bond donors (Lipinski definition) is 3. The number of aliphatic carboxylic acids is 1. The molecule has 0 unspecified atom stereocenters. The summed E-state index contributed by atoms with van der Waals surface area (Å²) < 4.78 is 42.8. The lowest BCUT2D eigenvalue weighted by Gasteiger charge is -2.12. The van der Waals surface area contributed by atoms with Gasteiger partial charge in [0, 0.05) is 17.3 Å². The van der Waals surface area contributed by atoms with Gasteiger partial charge in [-0.15, -0.1) is 24.5 Å². The summed E-state index contributed by atoms with van der Waals surface area (Å²) in [4.78, 5) is 23.9. The van der Waals surface area contributed by atoms with Crippen LogP contribution < -0.4 is 15.4 Å². The summed E-state index contributed by atoms with van der Waals surface area (Å²) in [5.74, 6) is -1.23. The molecule has 0 atom stereocenters. The van der Waals surface area contributed by atoms with Crippen molar-refractivity contribution >= 4 is 45.0 Å². The number of rotatable bonds is 7. The minimum atomic E-state index is -4.84. The molecule has 0 saturated carbocycles. The van der Waals surface area contributed by atoms with Crippen molar-refractivity contribution in [3.63, 3.8) is 0 Å². The largest absolute Gasteiger partial charge is 0.573 e. The molecule has 0 bridgehead atoms. The number of benzene rings is 2. The molecule has 12 heteroatoms. The van der Waals surface area contributed by atoms with Crippen molar-refractivity contribution in [3.05, 3.63) is 53.5 Å². The van der Waals surface area contributed by atoms with E-state index in [1.807, 2.05) is 25.1 Å². The molecule has 0 amide bonds. The van der Waals surface area contributed by atoms with Crippen molar-refractivity contribution in [3.8, 4) is 17.0 Å². The van der Waals surface area contributed by atoms with Gasteiger partial charge in [-0.3, -0.25) is 4.79 Å². The number of hydrogen-bond acceptors (Lipinski definition) is 8. The number of nitrogens with zero attached hydrogens (tertiary/aromatic N) is 3.